The minimum absolute atomic E-state index is 0.00781. The van der Waals surface area contributed by atoms with Crippen molar-refractivity contribution in [3.05, 3.63) is 76.4 Å². The Morgan fingerprint density at radius 3 is 2.20 bits per heavy atom. The van der Waals surface area contributed by atoms with Crippen molar-refractivity contribution in [2.75, 3.05) is 93.3 Å². The summed E-state index contributed by atoms with van der Waals surface area (Å²) in [5.74, 6) is -0.341. The molecule has 2 aromatic rings. The molecule has 0 aromatic heterocycles. The third-order valence-corrected chi connectivity index (χ3v) is 8.59. The van der Waals surface area contributed by atoms with E-state index in [1.54, 1.807) is 14.2 Å². The van der Waals surface area contributed by atoms with Crippen LogP contribution < -0.4 is 4.74 Å². The molecule has 9 nitrogen and oxygen atoms in total. The number of carbonyl (C=O) groups is 1. The topological polar surface area (TPSA) is 72.9 Å². The van der Waals surface area contributed by atoms with Crippen LogP contribution in [0.25, 0.3) is 0 Å². The van der Waals surface area contributed by atoms with E-state index in [4.69, 9.17) is 23.7 Å². The highest BCUT2D eigenvalue weighted by atomic mass is 19.4. The minimum atomic E-state index is -5.07. The molecule has 278 valence electrons. The van der Waals surface area contributed by atoms with Crippen LogP contribution in [0.15, 0.2) is 48.6 Å². The van der Waals surface area contributed by atoms with E-state index < -0.39 is 41.0 Å². The zero-order valence-corrected chi connectivity index (χ0v) is 28.5. The highest BCUT2D eigenvalue weighted by Crippen LogP contribution is 2.37. The number of aryl methyl sites for hydroxylation is 1. The number of hydrogen-bond donors (Lipinski definition) is 0. The number of carbonyl (C=O) groups excluding carboxylic acids is 1. The van der Waals surface area contributed by atoms with Gasteiger partial charge in [-0.3, -0.25) is 14.6 Å². The molecule has 4 rings (SSSR count). The summed E-state index contributed by atoms with van der Waals surface area (Å²) < 4.78 is 109. The van der Waals surface area contributed by atoms with Crippen LogP contribution in [0.4, 0.5) is 26.3 Å². The molecule has 0 aliphatic carbocycles. The number of alkyl halides is 6. The Hall–Kier alpha value is -3.21. The number of morpholine rings is 1. The Labute approximate surface area is 288 Å². The summed E-state index contributed by atoms with van der Waals surface area (Å²) in [6.45, 7) is 7.34. The Morgan fingerprint density at radius 1 is 0.880 bits per heavy atom. The number of halogens is 6. The Bertz CT molecular complexity index is 1390. The van der Waals surface area contributed by atoms with Crippen molar-refractivity contribution in [2.45, 2.75) is 37.8 Å². The van der Waals surface area contributed by atoms with Gasteiger partial charge in [0, 0.05) is 71.6 Å². The van der Waals surface area contributed by atoms with Crippen LogP contribution >= 0.6 is 0 Å². The summed E-state index contributed by atoms with van der Waals surface area (Å²) in [6.07, 6.45) is -5.77. The molecule has 15 heteroatoms. The number of ether oxygens (including phenoxy) is 5. The van der Waals surface area contributed by atoms with Crippen LogP contribution in [0.3, 0.4) is 0 Å². The quantitative estimate of drug-likeness (QED) is 0.106. The maximum atomic E-state index is 13.8. The fourth-order valence-electron chi connectivity index (χ4n) is 5.96. The number of amides is 1. The fourth-order valence-corrected chi connectivity index (χ4v) is 5.96. The first-order chi connectivity index (χ1) is 23.8. The first kappa shape index (κ1) is 39.6. The fraction of sp³-hybridized carbons (Fsp3) is 0.571. The molecular formula is C35H45F6N3O6. The van der Waals surface area contributed by atoms with Gasteiger partial charge in [0.25, 0.3) is 5.91 Å². The molecule has 2 fully saturated rings. The summed E-state index contributed by atoms with van der Waals surface area (Å²) in [7, 11) is 3.19. The van der Waals surface area contributed by atoms with Crippen LogP contribution in [-0.4, -0.2) is 126 Å². The monoisotopic (exact) mass is 717 g/mol. The number of rotatable bonds is 15. The van der Waals surface area contributed by atoms with Crippen LogP contribution in [0.1, 0.15) is 32.6 Å². The van der Waals surface area contributed by atoms with Gasteiger partial charge in [-0.05, 0) is 48.7 Å². The number of nitrogens with zero attached hydrogens (tertiary/aromatic N) is 3. The van der Waals surface area contributed by atoms with E-state index in [0.29, 0.717) is 70.5 Å². The molecule has 2 aliphatic rings. The molecule has 0 unspecified atom stereocenters. The molecule has 2 aliphatic heterocycles. The van der Waals surface area contributed by atoms with Crippen molar-refractivity contribution >= 4 is 5.91 Å². The van der Waals surface area contributed by atoms with Gasteiger partial charge in [0.1, 0.15) is 5.75 Å². The third kappa shape index (κ3) is 11.7. The summed E-state index contributed by atoms with van der Waals surface area (Å²) >= 11 is 0. The summed E-state index contributed by atoms with van der Waals surface area (Å²) in [5, 5.41) is 0. The van der Waals surface area contributed by atoms with Crippen molar-refractivity contribution in [2.24, 2.45) is 0 Å². The second-order valence-corrected chi connectivity index (χ2v) is 12.4. The lowest BCUT2D eigenvalue weighted by Gasteiger charge is -2.41. The lowest BCUT2D eigenvalue weighted by Crippen LogP contribution is -2.56. The molecule has 0 saturated carbocycles. The molecule has 2 aromatic carbocycles. The van der Waals surface area contributed by atoms with Gasteiger partial charge in [0.05, 0.1) is 43.7 Å². The second-order valence-electron chi connectivity index (χ2n) is 12.4. The van der Waals surface area contributed by atoms with Crippen molar-refractivity contribution in [3.8, 4) is 5.75 Å². The SMILES string of the molecule is COCCOCOc1cc(C[C@@H]2CN(CC=CCN3CCO[C@H](COC)C3)CCN2C(=O)c2cc(C(F)(F)F)cc(C(F)(F)F)c2)ccc1C. The van der Waals surface area contributed by atoms with Crippen molar-refractivity contribution in [1.29, 1.82) is 0 Å². The lowest BCUT2D eigenvalue weighted by atomic mass is 9.98. The standard InChI is InChI=1S/C35H45F6N3O6/c1-25-6-7-26(17-32(25)50-24-48-15-14-46-2)16-30-21-42(8-4-5-9-43-12-13-49-31(22-43)23-47-3)10-11-44(30)33(45)27-18-28(34(36,37)38)20-29(19-27)35(39,40)41/h4-7,17-20,30-31H,8-16,21-24H2,1-3H3/t30-,31+/m1/s1. The van der Waals surface area contributed by atoms with Gasteiger partial charge in [0.2, 0.25) is 0 Å². The van der Waals surface area contributed by atoms with Crippen LogP contribution in [-0.2, 0) is 37.7 Å². The Kier molecular flexibility index (Phi) is 14.5. The number of methoxy groups -OCH3 is 2. The van der Waals surface area contributed by atoms with E-state index in [1.807, 2.05) is 31.2 Å². The molecule has 0 radical (unpaired) electrons. The lowest BCUT2D eigenvalue weighted by molar-refractivity contribution is -0.143. The second kappa shape index (κ2) is 18.3. The van der Waals surface area contributed by atoms with Gasteiger partial charge in [-0.25, -0.2) is 0 Å². The van der Waals surface area contributed by atoms with Crippen LogP contribution in [0.2, 0.25) is 0 Å². The average Bonchev–Trinajstić information content (AvgIpc) is 3.07. The smallest absolute Gasteiger partial charge is 0.416 e. The molecule has 1 amide bonds. The van der Waals surface area contributed by atoms with Gasteiger partial charge < -0.3 is 28.6 Å². The van der Waals surface area contributed by atoms with Crippen LogP contribution in [0.5, 0.6) is 5.75 Å². The minimum Gasteiger partial charge on any atom is -0.467 e. The first-order valence-electron chi connectivity index (χ1n) is 16.4. The Morgan fingerprint density at radius 2 is 1.56 bits per heavy atom. The highest BCUT2D eigenvalue weighted by molar-refractivity contribution is 5.95. The van der Waals surface area contributed by atoms with Crippen molar-refractivity contribution in [3.63, 3.8) is 0 Å². The van der Waals surface area contributed by atoms with Gasteiger partial charge in [-0.1, -0.05) is 24.3 Å². The van der Waals surface area contributed by atoms with Crippen LogP contribution in [0, 0.1) is 6.92 Å². The molecule has 0 N–H and O–H groups in total. The number of hydrogen-bond acceptors (Lipinski definition) is 8. The summed E-state index contributed by atoms with van der Waals surface area (Å²) in [5.41, 5.74) is -2.11. The van der Waals surface area contributed by atoms with E-state index in [1.165, 1.54) is 4.90 Å². The largest absolute Gasteiger partial charge is 0.467 e. The molecule has 50 heavy (non-hydrogen) atoms. The molecule has 2 heterocycles. The predicted molar refractivity (Wildman–Crippen MR) is 173 cm³/mol. The number of benzene rings is 2. The maximum Gasteiger partial charge on any atom is 0.416 e. The first-order valence-corrected chi connectivity index (χ1v) is 16.4. The third-order valence-electron chi connectivity index (χ3n) is 8.59. The van der Waals surface area contributed by atoms with E-state index in [0.717, 1.165) is 24.2 Å². The summed E-state index contributed by atoms with van der Waals surface area (Å²) in [4.78, 5) is 19.6. The molecule has 2 atom stereocenters. The van der Waals surface area contributed by atoms with Gasteiger partial charge >= 0.3 is 12.4 Å². The van der Waals surface area contributed by atoms with Crippen molar-refractivity contribution in [1.82, 2.24) is 14.7 Å². The Balaban J connectivity index is 1.53. The maximum absolute atomic E-state index is 13.8. The van der Waals surface area contributed by atoms with Gasteiger partial charge in [0.15, 0.2) is 6.79 Å². The summed E-state index contributed by atoms with van der Waals surface area (Å²) in [6, 6.07) is 5.97. The number of piperazine rings is 1. The van der Waals surface area contributed by atoms with E-state index >= 15 is 0 Å². The molecule has 0 spiro atoms. The average molecular weight is 718 g/mol. The van der Waals surface area contributed by atoms with E-state index in [-0.39, 0.29) is 31.9 Å². The zero-order chi connectivity index (χ0) is 36.3. The van der Waals surface area contributed by atoms with Gasteiger partial charge in [-0.2, -0.15) is 26.3 Å². The highest BCUT2D eigenvalue weighted by Gasteiger charge is 2.39. The zero-order valence-electron chi connectivity index (χ0n) is 28.5. The van der Waals surface area contributed by atoms with Crippen molar-refractivity contribution < 1.29 is 54.8 Å². The molecule has 0 bridgehead atoms. The normalized spacial score (nSPS) is 19.7. The van der Waals surface area contributed by atoms with E-state index in [2.05, 4.69) is 15.9 Å². The molecule has 2 saturated heterocycles. The van der Waals surface area contributed by atoms with Gasteiger partial charge in [-0.15, -0.1) is 0 Å². The molecular weight excluding hydrogens is 672 g/mol. The predicted octanol–water partition coefficient (Wildman–Crippen LogP) is 5.30. The van der Waals surface area contributed by atoms with E-state index in [9.17, 15) is 31.1 Å².